The third-order valence-corrected chi connectivity index (χ3v) is 3.20. The van der Waals surface area contributed by atoms with Crippen molar-refractivity contribution < 1.29 is 5.11 Å². The number of phenolic OH excluding ortho intramolecular Hbond substituents is 1. The quantitative estimate of drug-likeness (QED) is 0.906. The predicted molar refractivity (Wildman–Crippen MR) is 79.5 cm³/mol. The standard InChI is InChI=1S/C13H15BrN4O/c1-18(2)12-5-6-15-13(17-12)16-8-9-3-4-11(19)10(14)7-9/h3-7,19H,8H2,1-2H3,(H,15,16,17). The number of halogens is 1. The predicted octanol–water partition coefficient (Wildman–Crippen LogP) is 2.62. The average Bonchev–Trinajstić information content (AvgIpc) is 2.40. The van der Waals surface area contributed by atoms with Gasteiger partial charge in [0.2, 0.25) is 5.95 Å². The first-order valence-electron chi connectivity index (χ1n) is 5.78. The molecule has 0 atom stereocenters. The van der Waals surface area contributed by atoms with E-state index in [0.29, 0.717) is 17.0 Å². The zero-order valence-electron chi connectivity index (χ0n) is 10.8. The molecule has 0 fully saturated rings. The van der Waals surface area contributed by atoms with Gasteiger partial charge < -0.3 is 15.3 Å². The van der Waals surface area contributed by atoms with E-state index in [9.17, 15) is 5.11 Å². The second-order valence-corrected chi connectivity index (χ2v) is 5.13. The Bertz CT molecular complexity index is 574. The van der Waals surface area contributed by atoms with Gasteiger partial charge >= 0.3 is 0 Å². The Morgan fingerprint density at radius 1 is 1.32 bits per heavy atom. The summed E-state index contributed by atoms with van der Waals surface area (Å²) in [5.41, 5.74) is 1.03. The van der Waals surface area contributed by atoms with Crippen molar-refractivity contribution in [1.82, 2.24) is 9.97 Å². The number of aromatic hydroxyl groups is 1. The highest BCUT2D eigenvalue weighted by Gasteiger charge is 2.02. The molecule has 19 heavy (non-hydrogen) atoms. The highest BCUT2D eigenvalue weighted by Crippen LogP contribution is 2.24. The summed E-state index contributed by atoms with van der Waals surface area (Å²) in [5.74, 6) is 1.66. The summed E-state index contributed by atoms with van der Waals surface area (Å²) in [5, 5.41) is 12.6. The van der Waals surface area contributed by atoms with Crippen LogP contribution >= 0.6 is 15.9 Å². The van der Waals surface area contributed by atoms with E-state index < -0.39 is 0 Å². The Balaban J connectivity index is 2.05. The number of phenols is 1. The molecule has 1 heterocycles. The van der Waals surface area contributed by atoms with Gasteiger partial charge in [-0.2, -0.15) is 4.98 Å². The lowest BCUT2D eigenvalue weighted by molar-refractivity contribution is 0.471. The number of hydrogen-bond donors (Lipinski definition) is 2. The van der Waals surface area contributed by atoms with Crippen molar-refractivity contribution in [3.05, 3.63) is 40.5 Å². The van der Waals surface area contributed by atoms with E-state index in [4.69, 9.17) is 0 Å². The molecule has 0 saturated heterocycles. The maximum absolute atomic E-state index is 9.43. The molecule has 0 amide bonds. The Labute approximate surface area is 120 Å². The van der Waals surface area contributed by atoms with Gasteiger partial charge in [-0.1, -0.05) is 6.07 Å². The van der Waals surface area contributed by atoms with Crippen LogP contribution in [0.15, 0.2) is 34.9 Å². The summed E-state index contributed by atoms with van der Waals surface area (Å²) >= 11 is 3.29. The van der Waals surface area contributed by atoms with Crippen LogP contribution in [0.5, 0.6) is 5.75 Å². The molecule has 2 rings (SSSR count). The molecule has 0 aliphatic rings. The second-order valence-electron chi connectivity index (χ2n) is 4.27. The van der Waals surface area contributed by atoms with Crippen molar-refractivity contribution in [2.75, 3.05) is 24.3 Å². The van der Waals surface area contributed by atoms with E-state index in [0.717, 1.165) is 11.4 Å². The van der Waals surface area contributed by atoms with Crippen molar-refractivity contribution in [2.45, 2.75) is 6.54 Å². The lowest BCUT2D eigenvalue weighted by Crippen LogP contribution is -2.12. The molecule has 0 aliphatic heterocycles. The highest BCUT2D eigenvalue weighted by atomic mass is 79.9. The summed E-state index contributed by atoms with van der Waals surface area (Å²) in [6.45, 7) is 0.593. The fourth-order valence-corrected chi connectivity index (χ4v) is 1.95. The molecular formula is C13H15BrN4O. The minimum absolute atomic E-state index is 0.231. The number of aromatic nitrogens is 2. The van der Waals surface area contributed by atoms with Crippen LogP contribution in [0.1, 0.15) is 5.56 Å². The molecule has 0 unspecified atom stereocenters. The summed E-state index contributed by atoms with van der Waals surface area (Å²) in [4.78, 5) is 10.5. The van der Waals surface area contributed by atoms with E-state index in [-0.39, 0.29) is 5.75 Å². The van der Waals surface area contributed by atoms with Crippen molar-refractivity contribution in [1.29, 1.82) is 0 Å². The minimum atomic E-state index is 0.231. The van der Waals surface area contributed by atoms with Gasteiger partial charge in [0.15, 0.2) is 0 Å². The lowest BCUT2D eigenvalue weighted by atomic mass is 10.2. The van der Waals surface area contributed by atoms with Gasteiger partial charge in [0.05, 0.1) is 4.47 Å². The number of nitrogens with one attached hydrogen (secondary N) is 1. The number of anilines is 2. The zero-order chi connectivity index (χ0) is 13.8. The topological polar surface area (TPSA) is 61.3 Å². The van der Waals surface area contributed by atoms with Crippen LogP contribution in [0.4, 0.5) is 11.8 Å². The van der Waals surface area contributed by atoms with Gasteiger partial charge in [-0.25, -0.2) is 4.98 Å². The molecule has 0 aliphatic carbocycles. The van der Waals surface area contributed by atoms with Crippen LogP contribution in [0.2, 0.25) is 0 Å². The largest absolute Gasteiger partial charge is 0.507 e. The van der Waals surface area contributed by atoms with E-state index in [1.165, 1.54) is 0 Å². The molecule has 0 radical (unpaired) electrons. The highest BCUT2D eigenvalue weighted by molar-refractivity contribution is 9.10. The minimum Gasteiger partial charge on any atom is -0.507 e. The molecule has 1 aromatic heterocycles. The van der Waals surface area contributed by atoms with Gasteiger partial charge in [0.1, 0.15) is 11.6 Å². The average molecular weight is 323 g/mol. The van der Waals surface area contributed by atoms with Gasteiger partial charge in [-0.15, -0.1) is 0 Å². The molecule has 100 valence electrons. The van der Waals surface area contributed by atoms with Gasteiger partial charge in [-0.3, -0.25) is 0 Å². The van der Waals surface area contributed by atoms with E-state index >= 15 is 0 Å². The maximum Gasteiger partial charge on any atom is 0.224 e. The summed E-state index contributed by atoms with van der Waals surface area (Å²) < 4.78 is 0.676. The van der Waals surface area contributed by atoms with Crippen molar-refractivity contribution in [3.63, 3.8) is 0 Å². The number of hydrogen-bond acceptors (Lipinski definition) is 5. The Morgan fingerprint density at radius 3 is 2.79 bits per heavy atom. The van der Waals surface area contributed by atoms with Crippen molar-refractivity contribution >= 4 is 27.7 Å². The molecular weight excluding hydrogens is 308 g/mol. The Morgan fingerprint density at radius 2 is 2.11 bits per heavy atom. The third kappa shape index (κ3) is 3.57. The maximum atomic E-state index is 9.43. The lowest BCUT2D eigenvalue weighted by Gasteiger charge is -2.12. The van der Waals surface area contributed by atoms with Crippen LogP contribution in [0, 0.1) is 0 Å². The molecule has 0 bridgehead atoms. The smallest absolute Gasteiger partial charge is 0.224 e. The van der Waals surface area contributed by atoms with E-state index in [1.807, 2.05) is 37.2 Å². The Kier molecular flexibility index (Phi) is 4.21. The SMILES string of the molecule is CN(C)c1ccnc(NCc2ccc(O)c(Br)c2)n1. The van der Waals surface area contributed by atoms with Crippen LogP contribution in [-0.2, 0) is 6.54 Å². The van der Waals surface area contributed by atoms with Gasteiger partial charge in [0, 0.05) is 26.8 Å². The first kappa shape index (κ1) is 13.6. The molecule has 2 aromatic rings. The molecule has 5 nitrogen and oxygen atoms in total. The van der Waals surface area contributed by atoms with Crippen LogP contribution in [-0.4, -0.2) is 29.2 Å². The summed E-state index contributed by atoms with van der Waals surface area (Å²) in [6.07, 6.45) is 1.72. The zero-order valence-corrected chi connectivity index (χ0v) is 12.3. The van der Waals surface area contributed by atoms with Crippen LogP contribution in [0.25, 0.3) is 0 Å². The first-order valence-corrected chi connectivity index (χ1v) is 6.57. The fraction of sp³-hybridized carbons (Fsp3) is 0.231. The van der Waals surface area contributed by atoms with Gasteiger partial charge in [0.25, 0.3) is 0 Å². The molecule has 6 heteroatoms. The van der Waals surface area contributed by atoms with Crippen LogP contribution < -0.4 is 10.2 Å². The number of benzene rings is 1. The summed E-state index contributed by atoms with van der Waals surface area (Å²) in [6, 6.07) is 7.21. The number of rotatable bonds is 4. The molecule has 0 spiro atoms. The molecule has 2 N–H and O–H groups in total. The Hall–Kier alpha value is -1.82. The second kappa shape index (κ2) is 5.88. The van der Waals surface area contributed by atoms with Gasteiger partial charge in [-0.05, 0) is 39.7 Å². The molecule has 1 aromatic carbocycles. The third-order valence-electron chi connectivity index (χ3n) is 2.56. The molecule has 0 saturated carbocycles. The number of nitrogens with zero attached hydrogens (tertiary/aromatic N) is 3. The monoisotopic (exact) mass is 322 g/mol. The van der Waals surface area contributed by atoms with Crippen LogP contribution in [0.3, 0.4) is 0 Å². The first-order chi connectivity index (χ1) is 9.06. The fourth-order valence-electron chi connectivity index (χ4n) is 1.52. The summed E-state index contributed by atoms with van der Waals surface area (Å²) in [7, 11) is 3.87. The van der Waals surface area contributed by atoms with Crippen molar-refractivity contribution in [2.24, 2.45) is 0 Å². The van der Waals surface area contributed by atoms with E-state index in [2.05, 4.69) is 31.2 Å². The van der Waals surface area contributed by atoms with E-state index in [1.54, 1.807) is 12.3 Å². The normalized spacial score (nSPS) is 10.3. The van der Waals surface area contributed by atoms with Crippen molar-refractivity contribution in [3.8, 4) is 5.75 Å².